The molecule has 0 saturated carbocycles. The van der Waals surface area contributed by atoms with Gasteiger partial charge in [0.05, 0.1) is 6.61 Å². The van der Waals surface area contributed by atoms with Gasteiger partial charge in [-0.2, -0.15) is 0 Å². The lowest BCUT2D eigenvalue weighted by atomic mass is 9.84. The third-order valence-electron chi connectivity index (χ3n) is 4.31. The van der Waals surface area contributed by atoms with Gasteiger partial charge >= 0.3 is 0 Å². The molecule has 1 aliphatic heterocycles. The predicted octanol–water partition coefficient (Wildman–Crippen LogP) is 3.15. The summed E-state index contributed by atoms with van der Waals surface area (Å²) in [6, 6.07) is 0. The van der Waals surface area contributed by atoms with Gasteiger partial charge in [-0.1, -0.05) is 27.2 Å². The molecule has 2 atom stereocenters. The first-order chi connectivity index (χ1) is 9.59. The van der Waals surface area contributed by atoms with Crippen molar-refractivity contribution in [3.63, 3.8) is 0 Å². The molecule has 20 heavy (non-hydrogen) atoms. The molecule has 1 N–H and O–H groups in total. The maximum Gasteiger partial charge on any atom is 0.0506 e. The van der Waals surface area contributed by atoms with Crippen LogP contribution < -0.4 is 5.32 Å². The van der Waals surface area contributed by atoms with E-state index < -0.39 is 0 Å². The van der Waals surface area contributed by atoms with Crippen LogP contribution in [0.5, 0.6) is 0 Å². The van der Waals surface area contributed by atoms with Crippen molar-refractivity contribution in [2.24, 2.45) is 11.3 Å². The van der Waals surface area contributed by atoms with E-state index in [4.69, 9.17) is 4.74 Å². The summed E-state index contributed by atoms with van der Waals surface area (Å²) in [6.07, 6.45) is 6.36. The first-order valence-electron chi connectivity index (χ1n) is 8.56. The van der Waals surface area contributed by atoms with Crippen molar-refractivity contribution in [2.75, 3.05) is 46.4 Å². The first kappa shape index (κ1) is 17.9. The van der Waals surface area contributed by atoms with Gasteiger partial charge in [0.25, 0.3) is 0 Å². The minimum Gasteiger partial charge on any atom is -0.381 e. The average molecular weight is 284 g/mol. The van der Waals surface area contributed by atoms with Gasteiger partial charge in [-0.3, -0.25) is 0 Å². The normalized spacial score (nSPS) is 22.9. The Morgan fingerprint density at radius 2 is 2.10 bits per heavy atom. The Bertz CT molecular complexity index is 241. The zero-order chi connectivity index (χ0) is 14.8. The van der Waals surface area contributed by atoms with Crippen LogP contribution in [-0.4, -0.2) is 51.3 Å². The van der Waals surface area contributed by atoms with Crippen LogP contribution in [0.3, 0.4) is 0 Å². The molecular weight excluding hydrogens is 248 g/mol. The van der Waals surface area contributed by atoms with E-state index in [9.17, 15) is 0 Å². The Hall–Kier alpha value is -0.120. The number of hydrogen-bond donors (Lipinski definition) is 1. The maximum absolute atomic E-state index is 5.60. The standard InChI is InChI=1S/C17H36N2O/c1-5-9-17(3,14-18-10-6-2)15-19(4)12-16-8-7-11-20-13-16/h16,18H,5-15H2,1-4H3. The van der Waals surface area contributed by atoms with Crippen molar-refractivity contribution < 1.29 is 4.74 Å². The summed E-state index contributed by atoms with van der Waals surface area (Å²) >= 11 is 0. The molecule has 2 unspecified atom stereocenters. The number of rotatable bonds is 10. The highest BCUT2D eigenvalue weighted by Crippen LogP contribution is 2.24. The molecule has 1 fully saturated rings. The van der Waals surface area contributed by atoms with Gasteiger partial charge in [0.1, 0.15) is 0 Å². The Kier molecular flexibility index (Phi) is 8.74. The molecule has 0 radical (unpaired) electrons. The highest BCUT2D eigenvalue weighted by atomic mass is 16.5. The summed E-state index contributed by atoms with van der Waals surface area (Å²) in [6.45, 7) is 13.6. The third-order valence-corrected chi connectivity index (χ3v) is 4.31. The van der Waals surface area contributed by atoms with E-state index in [-0.39, 0.29) is 0 Å². The van der Waals surface area contributed by atoms with Gasteiger partial charge in [0, 0.05) is 26.2 Å². The molecule has 3 heteroatoms. The zero-order valence-electron chi connectivity index (χ0n) is 14.2. The van der Waals surface area contributed by atoms with Gasteiger partial charge in [-0.15, -0.1) is 0 Å². The second-order valence-corrected chi connectivity index (χ2v) is 7.02. The maximum atomic E-state index is 5.60. The molecule has 3 nitrogen and oxygen atoms in total. The topological polar surface area (TPSA) is 24.5 Å². The Labute approximate surface area is 126 Å². The van der Waals surface area contributed by atoms with Crippen LogP contribution >= 0.6 is 0 Å². The van der Waals surface area contributed by atoms with E-state index in [2.05, 4.69) is 38.0 Å². The van der Waals surface area contributed by atoms with Crippen LogP contribution in [0.4, 0.5) is 0 Å². The molecule has 0 amide bonds. The van der Waals surface area contributed by atoms with E-state index in [1.54, 1.807) is 0 Å². The predicted molar refractivity (Wildman–Crippen MR) is 87.2 cm³/mol. The Balaban J connectivity index is 2.37. The minimum absolute atomic E-state index is 0.397. The quantitative estimate of drug-likeness (QED) is 0.624. The number of nitrogens with one attached hydrogen (secondary N) is 1. The summed E-state index contributed by atoms with van der Waals surface area (Å²) in [4.78, 5) is 2.53. The van der Waals surface area contributed by atoms with E-state index in [0.29, 0.717) is 5.41 Å². The lowest BCUT2D eigenvalue weighted by Crippen LogP contribution is -2.43. The third kappa shape index (κ3) is 7.05. The summed E-state index contributed by atoms with van der Waals surface area (Å²) in [5.74, 6) is 0.739. The number of nitrogens with zero attached hydrogens (tertiary/aromatic N) is 1. The molecule has 0 aromatic rings. The van der Waals surface area contributed by atoms with Crippen molar-refractivity contribution in [1.29, 1.82) is 0 Å². The van der Waals surface area contributed by atoms with Crippen LogP contribution in [-0.2, 0) is 4.74 Å². The fourth-order valence-corrected chi connectivity index (χ4v) is 3.50. The van der Waals surface area contributed by atoms with Crippen molar-refractivity contribution in [1.82, 2.24) is 10.2 Å². The molecule has 0 bridgehead atoms. The SMILES string of the molecule is CCCNCC(C)(CCC)CN(C)CC1CCCOC1. The molecular formula is C17H36N2O. The van der Waals surface area contributed by atoms with Crippen molar-refractivity contribution in [3.05, 3.63) is 0 Å². The van der Waals surface area contributed by atoms with Crippen LogP contribution in [0.1, 0.15) is 52.9 Å². The second-order valence-electron chi connectivity index (χ2n) is 7.02. The lowest BCUT2D eigenvalue weighted by Gasteiger charge is -2.36. The largest absolute Gasteiger partial charge is 0.381 e. The molecule has 0 aromatic carbocycles. The summed E-state index contributed by atoms with van der Waals surface area (Å²) in [5, 5.41) is 3.62. The van der Waals surface area contributed by atoms with Crippen LogP contribution in [0.2, 0.25) is 0 Å². The van der Waals surface area contributed by atoms with Gasteiger partial charge in [-0.05, 0) is 50.6 Å². The van der Waals surface area contributed by atoms with Crippen molar-refractivity contribution in [2.45, 2.75) is 52.9 Å². The van der Waals surface area contributed by atoms with Gasteiger partial charge in [0.2, 0.25) is 0 Å². The monoisotopic (exact) mass is 284 g/mol. The summed E-state index contributed by atoms with van der Waals surface area (Å²) < 4.78 is 5.60. The molecule has 1 heterocycles. The van der Waals surface area contributed by atoms with E-state index in [1.807, 2.05) is 0 Å². The van der Waals surface area contributed by atoms with E-state index in [1.165, 1.54) is 45.2 Å². The van der Waals surface area contributed by atoms with Gasteiger partial charge in [-0.25, -0.2) is 0 Å². The molecule has 120 valence electrons. The zero-order valence-corrected chi connectivity index (χ0v) is 14.2. The van der Waals surface area contributed by atoms with Crippen LogP contribution in [0, 0.1) is 11.3 Å². The average Bonchev–Trinajstić information content (AvgIpc) is 2.40. The van der Waals surface area contributed by atoms with Gasteiger partial charge < -0.3 is 15.0 Å². The Morgan fingerprint density at radius 1 is 1.30 bits per heavy atom. The highest BCUT2D eigenvalue weighted by Gasteiger charge is 2.26. The summed E-state index contributed by atoms with van der Waals surface area (Å²) in [5.41, 5.74) is 0.397. The fourth-order valence-electron chi connectivity index (χ4n) is 3.50. The summed E-state index contributed by atoms with van der Waals surface area (Å²) in [7, 11) is 2.28. The van der Waals surface area contributed by atoms with Crippen LogP contribution in [0.15, 0.2) is 0 Å². The van der Waals surface area contributed by atoms with Crippen molar-refractivity contribution >= 4 is 0 Å². The van der Waals surface area contributed by atoms with E-state index in [0.717, 1.165) is 32.2 Å². The fraction of sp³-hybridized carbons (Fsp3) is 1.00. The van der Waals surface area contributed by atoms with Crippen LogP contribution in [0.25, 0.3) is 0 Å². The first-order valence-corrected chi connectivity index (χ1v) is 8.56. The minimum atomic E-state index is 0.397. The molecule has 1 aliphatic rings. The second kappa shape index (κ2) is 9.75. The molecule has 1 saturated heterocycles. The molecule has 0 aromatic heterocycles. The number of ether oxygens (including phenoxy) is 1. The smallest absolute Gasteiger partial charge is 0.0506 e. The molecule has 1 rings (SSSR count). The molecule has 0 aliphatic carbocycles. The van der Waals surface area contributed by atoms with Gasteiger partial charge in [0.15, 0.2) is 0 Å². The number of hydrogen-bond acceptors (Lipinski definition) is 3. The Morgan fingerprint density at radius 3 is 2.70 bits per heavy atom. The van der Waals surface area contributed by atoms with E-state index >= 15 is 0 Å². The lowest BCUT2D eigenvalue weighted by molar-refractivity contribution is 0.0357. The van der Waals surface area contributed by atoms with Crippen molar-refractivity contribution in [3.8, 4) is 0 Å². The molecule has 0 spiro atoms. The highest BCUT2D eigenvalue weighted by molar-refractivity contribution is 4.81.